The van der Waals surface area contributed by atoms with Crippen molar-refractivity contribution in [3.05, 3.63) is 231 Å². The summed E-state index contributed by atoms with van der Waals surface area (Å²) in [5, 5.41) is 0. The van der Waals surface area contributed by atoms with E-state index in [1.165, 1.54) is 0 Å². The minimum atomic E-state index is 0. The van der Waals surface area contributed by atoms with Crippen LogP contribution in [0.5, 0.6) is 0 Å². The Balaban J connectivity index is 0.00000476. The summed E-state index contributed by atoms with van der Waals surface area (Å²) in [6, 6.07) is 75.9. The van der Waals surface area contributed by atoms with E-state index in [2.05, 4.69) is 172 Å². The van der Waals surface area contributed by atoms with Crippen LogP contribution in [0.25, 0.3) is 101 Å². The van der Waals surface area contributed by atoms with Gasteiger partial charge >= 0.3 is 20.1 Å². The summed E-state index contributed by atoms with van der Waals surface area (Å²) in [6.45, 7) is 0. The Labute approximate surface area is 369 Å². The fourth-order valence-electron chi connectivity index (χ4n) is 7.77. The molecule has 0 saturated carbocycles. The summed E-state index contributed by atoms with van der Waals surface area (Å²) in [6.07, 6.45) is 7.14. The molecule has 288 valence electrons. The van der Waals surface area contributed by atoms with Crippen LogP contribution in [0, 0.1) is 18.2 Å². The van der Waals surface area contributed by atoms with E-state index < -0.39 is 0 Å². The van der Waals surface area contributed by atoms with E-state index in [0.717, 1.165) is 94.8 Å². The van der Waals surface area contributed by atoms with E-state index in [4.69, 9.17) is 0 Å². The molecule has 0 aliphatic heterocycles. The predicted molar refractivity (Wildman–Crippen MR) is 243 cm³/mol. The van der Waals surface area contributed by atoms with Crippen LogP contribution in [0.2, 0.25) is 0 Å². The van der Waals surface area contributed by atoms with Gasteiger partial charge in [0.15, 0.2) is 0 Å². The van der Waals surface area contributed by atoms with Crippen LogP contribution in [0.4, 0.5) is 0 Å². The van der Waals surface area contributed by atoms with Gasteiger partial charge in [0, 0.05) is 24.8 Å². The van der Waals surface area contributed by atoms with Crippen LogP contribution in [0.1, 0.15) is 0 Å². The zero-order valence-electron chi connectivity index (χ0n) is 32.8. The fraction of sp³-hybridized carbons (Fsp3) is 0. The minimum Gasteiger partial charge on any atom is -0.305 e. The SMILES string of the molecule is [Ir+3].[c-]1cc(-c2ccccc2-c2cc(-c3ccccc3-c3c[c-]c(-c4ccccn4)cc3)cc(-c3ccccc3-c3c[c-]c(-c4ncccn4)cc3)c2)ccc1-c1ccccn1. The third-order valence-electron chi connectivity index (χ3n) is 10.7. The Morgan fingerprint density at radius 1 is 0.279 bits per heavy atom. The Morgan fingerprint density at radius 3 is 0.934 bits per heavy atom. The van der Waals surface area contributed by atoms with E-state index in [1.54, 1.807) is 12.4 Å². The maximum Gasteiger partial charge on any atom is 3.00 e. The Hall–Kier alpha value is -7.43. The van der Waals surface area contributed by atoms with Crippen molar-refractivity contribution < 1.29 is 20.1 Å². The van der Waals surface area contributed by atoms with Gasteiger partial charge in [-0.25, -0.2) is 0 Å². The second-order valence-electron chi connectivity index (χ2n) is 14.4. The topological polar surface area (TPSA) is 51.6 Å². The first-order valence-corrected chi connectivity index (χ1v) is 19.8. The van der Waals surface area contributed by atoms with Crippen molar-refractivity contribution >= 4 is 0 Å². The van der Waals surface area contributed by atoms with Gasteiger partial charge in [-0.2, -0.15) is 0 Å². The van der Waals surface area contributed by atoms with Crippen molar-refractivity contribution in [2.24, 2.45) is 0 Å². The molecule has 7 aromatic carbocycles. The first kappa shape index (κ1) is 39.1. The van der Waals surface area contributed by atoms with Gasteiger partial charge in [-0.05, 0) is 81.2 Å². The molecule has 0 atom stereocenters. The first-order chi connectivity index (χ1) is 29.7. The molecule has 0 saturated heterocycles. The molecular weight excluding hydrogens is 921 g/mol. The molecule has 0 N–H and O–H groups in total. The molecule has 0 radical (unpaired) electrons. The second kappa shape index (κ2) is 17.8. The van der Waals surface area contributed by atoms with Crippen LogP contribution >= 0.6 is 0 Å². The zero-order valence-corrected chi connectivity index (χ0v) is 35.2. The summed E-state index contributed by atoms with van der Waals surface area (Å²) >= 11 is 0. The number of benzene rings is 7. The van der Waals surface area contributed by atoms with E-state index in [0.29, 0.717) is 5.82 Å². The van der Waals surface area contributed by atoms with Crippen molar-refractivity contribution in [2.45, 2.75) is 0 Å². The van der Waals surface area contributed by atoms with Gasteiger partial charge < -0.3 is 9.97 Å². The minimum absolute atomic E-state index is 0. The molecule has 0 aliphatic carbocycles. The summed E-state index contributed by atoms with van der Waals surface area (Å²) < 4.78 is 0. The molecule has 10 aromatic rings. The van der Waals surface area contributed by atoms with Crippen LogP contribution in [0.15, 0.2) is 213 Å². The Morgan fingerprint density at radius 2 is 0.607 bits per heavy atom. The van der Waals surface area contributed by atoms with Gasteiger partial charge in [0.2, 0.25) is 0 Å². The molecule has 0 unspecified atom stereocenters. The number of rotatable bonds is 9. The number of aromatic nitrogens is 4. The van der Waals surface area contributed by atoms with Gasteiger partial charge in [-0.15, -0.1) is 89.5 Å². The molecule has 4 nitrogen and oxygen atoms in total. The summed E-state index contributed by atoms with van der Waals surface area (Å²) in [5.74, 6) is 0.653. The molecule has 3 aromatic heterocycles. The van der Waals surface area contributed by atoms with Gasteiger partial charge in [-0.3, -0.25) is 9.97 Å². The second-order valence-corrected chi connectivity index (χ2v) is 14.4. The predicted octanol–water partition coefficient (Wildman–Crippen LogP) is 13.7. The maximum atomic E-state index is 4.54. The largest absolute Gasteiger partial charge is 3.00 e. The van der Waals surface area contributed by atoms with E-state index in [1.807, 2.05) is 67.0 Å². The van der Waals surface area contributed by atoms with E-state index >= 15 is 0 Å². The Kier molecular flexibility index (Phi) is 11.4. The Bertz CT molecular complexity index is 2700. The quantitative estimate of drug-likeness (QED) is 0.135. The molecule has 0 amide bonds. The number of hydrogen-bond donors (Lipinski definition) is 0. The molecular formula is C56H35IrN4. The molecule has 0 bridgehead atoms. The normalized spacial score (nSPS) is 10.8. The van der Waals surface area contributed by atoms with Gasteiger partial charge in [0.05, 0.1) is 5.82 Å². The van der Waals surface area contributed by atoms with Gasteiger partial charge in [0.25, 0.3) is 0 Å². The molecule has 0 aliphatic rings. The first-order valence-electron chi connectivity index (χ1n) is 19.8. The van der Waals surface area contributed by atoms with Crippen LogP contribution < -0.4 is 0 Å². The van der Waals surface area contributed by atoms with Crippen LogP contribution in [-0.4, -0.2) is 19.9 Å². The average Bonchev–Trinajstić information content (AvgIpc) is 3.35. The van der Waals surface area contributed by atoms with E-state index in [9.17, 15) is 0 Å². The molecule has 3 heterocycles. The monoisotopic (exact) mass is 956 g/mol. The summed E-state index contributed by atoms with van der Waals surface area (Å²) in [7, 11) is 0. The van der Waals surface area contributed by atoms with Crippen molar-refractivity contribution in [1.82, 2.24) is 19.9 Å². The zero-order chi connectivity index (χ0) is 40.1. The van der Waals surface area contributed by atoms with Gasteiger partial charge in [-0.1, -0.05) is 130 Å². The molecule has 0 spiro atoms. The summed E-state index contributed by atoms with van der Waals surface area (Å²) in [4.78, 5) is 18.0. The standard InChI is InChI=1S/C56H35N4.Ir/c1-4-15-51(48(12-1)39-20-26-42(27-21-39)54-18-7-9-32-57-54)45-36-46(52-16-5-2-13-49(52)40-22-28-43(29-23-40)55-19-8-10-33-58-55)38-47(37-45)53-17-6-3-14-50(53)41-24-30-44(31-25-41)56-59-34-11-35-60-56;/h1-26,28,30,32-38H;/q-3;+3. The molecule has 0 fully saturated rings. The van der Waals surface area contributed by atoms with Crippen LogP contribution in [0.3, 0.4) is 0 Å². The van der Waals surface area contributed by atoms with Gasteiger partial charge in [0.1, 0.15) is 0 Å². The van der Waals surface area contributed by atoms with Crippen LogP contribution in [-0.2, 0) is 20.1 Å². The molecule has 61 heavy (non-hydrogen) atoms. The smallest absolute Gasteiger partial charge is 0.305 e. The van der Waals surface area contributed by atoms with Crippen molar-refractivity contribution in [3.8, 4) is 101 Å². The number of pyridine rings is 2. The number of hydrogen-bond acceptors (Lipinski definition) is 4. The third kappa shape index (κ3) is 8.26. The summed E-state index contributed by atoms with van der Waals surface area (Å²) in [5.41, 5.74) is 17.8. The van der Waals surface area contributed by atoms with Crippen molar-refractivity contribution in [1.29, 1.82) is 0 Å². The average molecular weight is 956 g/mol. The van der Waals surface area contributed by atoms with E-state index in [-0.39, 0.29) is 20.1 Å². The fourth-order valence-corrected chi connectivity index (χ4v) is 7.77. The third-order valence-corrected chi connectivity index (χ3v) is 10.7. The molecule has 5 heteroatoms. The maximum absolute atomic E-state index is 4.54. The van der Waals surface area contributed by atoms with Crippen molar-refractivity contribution in [3.63, 3.8) is 0 Å². The number of nitrogens with zero attached hydrogens (tertiary/aromatic N) is 4. The van der Waals surface area contributed by atoms with Crippen molar-refractivity contribution in [2.75, 3.05) is 0 Å². The molecule has 10 rings (SSSR count).